The van der Waals surface area contributed by atoms with E-state index >= 15 is 0 Å². The van der Waals surface area contributed by atoms with Crippen molar-refractivity contribution in [1.29, 1.82) is 0 Å². The largest absolute Gasteiger partial charge is 1.00 e. The third kappa shape index (κ3) is 6.84. The summed E-state index contributed by atoms with van der Waals surface area (Å²) >= 11 is 6.38. The van der Waals surface area contributed by atoms with Crippen LogP contribution < -0.4 is 44.3 Å². The zero-order chi connectivity index (χ0) is 26.5. The van der Waals surface area contributed by atoms with Crippen molar-refractivity contribution < 1.29 is 55.2 Å². The van der Waals surface area contributed by atoms with E-state index in [0.717, 1.165) is 11.1 Å². The van der Waals surface area contributed by atoms with Gasteiger partial charge in [-0.1, -0.05) is 66.2 Å². The van der Waals surface area contributed by atoms with E-state index in [9.17, 15) is 14.7 Å². The van der Waals surface area contributed by atoms with Crippen LogP contribution in [0.5, 0.6) is 17.2 Å². The third-order valence-electron chi connectivity index (χ3n) is 6.53. The number of amides is 1. The van der Waals surface area contributed by atoms with Gasteiger partial charge in [-0.05, 0) is 59.9 Å². The molecule has 4 aromatic carbocycles. The van der Waals surface area contributed by atoms with Gasteiger partial charge in [0, 0.05) is 23.7 Å². The van der Waals surface area contributed by atoms with Crippen LogP contribution >= 0.6 is 11.6 Å². The molecule has 1 atom stereocenters. The minimum Gasteiger partial charge on any atom is -1.00 e. The minimum absolute atomic E-state index is 0. The molecule has 2 N–H and O–H groups in total. The van der Waals surface area contributed by atoms with Gasteiger partial charge in [-0.25, -0.2) is 0 Å². The van der Waals surface area contributed by atoms with Gasteiger partial charge in [0.05, 0.1) is 17.5 Å². The quantitative estimate of drug-likeness (QED) is 0.325. The van der Waals surface area contributed by atoms with Crippen molar-refractivity contribution >= 4 is 23.5 Å². The normalized spacial score (nSPS) is 13.8. The molecule has 0 saturated carbocycles. The molecular formula is C31H27ClNNaO5. The summed E-state index contributed by atoms with van der Waals surface area (Å²) in [5.74, 6) is -0.443. The summed E-state index contributed by atoms with van der Waals surface area (Å²) in [6.07, 6.45) is 1.10. The SMILES string of the molecule is O=C(NCCc1ccccc1-c1ccccc1)c1ccc(Oc2cc3c(cc2Cl)C(C(=O)O)CCO3)cc1.[H-].[Na+]. The van der Waals surface area contributed by atoms with Gasteiger partial charge in [0.1, 0.15) is 17.2 Å². The van der Waals surface area contributed by atoms with E-state index in [1.54, 1.807) is 36.4 Å². The molecule has 1 aliphatic rings. The number of hydrogen-bond acceptors (Lipinski definition) is 4. The van der Waals surface area contributed by atoms with Crippen molar-refractivity contribution in [3.05, 3.63) is 113 Å². The topological polar surface area (TPSA) is 84.9 Å². The number of aliphatic carboxylic acids is 1. The number of ether oxygens (including phenoxy) is 2. The summed E-state index contributed by atoms with van der Waals surface area (Å²) in [4.78, 5) is 24.3. The molecule has 5 rings (SSSR count). The molecule has 1 heterocycles. The zero-order valence-corrected chi connectivity index (χ0v) is 24.3. The standard InChI is InChI=1S/C31H26ClNO5.Na.H/c32-27-18-26-25(31(35)36)15-17-37-28(26)19-29(27)38-23-12-10-22(11-13-23)30(34)33-16-14-21-8-4-5-9-24(21)20-6-2-1-3-7-20;;/h1-13,18-19,25H,14-17H2,(H,33,34)(H,35,36);;/q;+1;-1. The van der Waals surface area contributed by atoms with Gasteiger partial charge in [-0.3, -0.25) is 9.59 Å². The van der Waals surface area contributed by atoms with Gasteiger partial charge >= 0.3 is 35.5 Å². The molecule has 0 bridgehead atoms. The van der Waals surface area contributed by atoms with E-state index in [1.807, 2.05) is 30.3 Å². The predicted octanol–water partition coefficient (Wildman–Crippen LogP) is 3.84. The summed E-state index contributed by atoms with van der Waals surface area (Å²) in [6, 6.07) is 28.3. The second kappa shape index (κ2) is 13.2. The van der Waals surface area contributed by atoms with Crippen LogP contribution in [-0.2, 0) is 11.2 Å². The maximum absolute atomic E-state index is 12.7. The van der Waals surface area contributed by atoms with Crippen molar-refractivity contribution in [2.24, 2.45) is 0 Å². The van der Waals surface area contributed by atoms with E-state index in [4.69, 9.17) is 21.1 Å². The monoisotopic (exact) mass is 551 g/mol. The van der Waals surface area contributed by atoms with Crippen LogP contribution in [0.25, 0.3) is 11.1 Å². The fourth-order valence-electron chi connectivity index (χ4n) is 4.58. The second-order valence-corrected chi connectivity index (χ2v) is 9.41. The first kappa shape index (κ1) is 28.7. The molecule has 0 fully saturated rings. The van der Waals surface area contributed by atoms with Crippen LogP contribution in [0.3, 0.4) is 0 Å². The fourth-order valence-corrected chi connectivity index (χ4v) is 4.79. The van der Waals surface area contributed by atoms with E-state index in [2.05, 4.69) is 29.6 Å². The molecule has 1 amide bonds. The number of carbonyl (C=O) groups excluding carboxylic acids is 1. The number of rotatable bonds is 8. The predicted molar refractivity (Wildman–Crippen MR) is 147 cm³/mol. The molecule has 8 heteroatoms. The molecule has 0 radical (unpaired) electrons. The average Bonchev–Trinajstić information content (AvgIpc) is 2.94. The first-order valence-electron chi connectivity index (χ1n) is 12.4. The number of nitrogens with one attached hydrogen (secondary N) is 1. The van der Waals surface area contributed by atoms with Crippen LogP contribution in [0.2, 0.25) is 5.02 Å². The van der Waals surface area contributed by atoms with Crippen molar-refractivity contribution in [1.82, 2.24) is 5.32 Å². The van der Waals surface area contributed by atoms with Crippen LogP contribution in [0.1, 0.15) is 35.3 Å². The van der Waals surface area contributed by atoms with Crippen LogP contribution in [0, 0.1) is 0 Å². The fraction of sp³-hybridized carbons (Fsp3) is 0.161. The number of hydrogen-bond donors (Lipinski definition) is 2. The Balaban J connectivity index is 0.00000220. The Bertz CT molecular complexity index is 1470. The minimum atomic E-state index is -0.909. The Morgan fingerprint density at radius 2 is 1.72 bits per heavy atom. The second-order valence-electron chi connectivity index (χ2n) is 9.00. The number of carboxylic acid groups (broad SMARTS) is 1. The number of benzene rings is 4. The van der Waals surface area contributed by atoms with Crippen molar-refractivity contribution in [2.45, 2.75) is 18.8 Å². The summed E-state index contributed by atoms with van der Waals surface area (Å²) in [6.45, 7) is 0.815. The van der Waals surface area contributed by atoms with Crippen molar-refractivity contribution in [3.8, 4) is 28.4 Å². The summed E-state index contributed by atoms with van der Waals surface area (Å²) < 4.78 is 11.5. The van der Waals surface area contributed by atoms with Crippen molar-refractivity contribution in [2.75, 3.05) is 13.2 Å². The van der Waals surface area contributed by atoms with E-state index in [1.165, 1.54) is 5.56 Å². The molecular weight excluding hydrogens is 525 g/mol. The number of halogens is 1. The van der Waals surface area contributed by atoms with E-state index in [0.29, 0.717) is 54.4 Å². The van der Waals surface area contributed by atoms with Gasteiger partial charge < -0.3 is 21.3 Å². The molecule has 0 saturated heterocycles. The average molecular weight is 552 g/mol. The summed E-state index contributed by atoms with van der Waals surface area (Å²) in [5, 5.41) is 12.7. The van der Waals surface area contributed by atoms with Crippen LogP contribution in [0.4, 0.5) is 0 Å². The van der Waals surface area contributed by atoms with Crippen LogP contribution in [-0.4, -0.2) is 30.1 Å². The Hall–Kier alpha value is -3.29. The molecule has 194 valence electrons. The Kier molecular flexibility index (Phi) is 9.70. The van der Waals surface area contributed by atoms with Gasteiger partial charge in [-0.2, -0.15) is 0 Å². The molecule has 39 heavy (non-hydrogen) atoms. The summed E-state index contributed by atoms with van der Waals surface area (Å²) in [5.41, 5.74) is 4.53. The maximum atomic E-state index is 12.7. The number of carbonyl (C=O) groups is 2. The number of carboxylic acids is 1. The van der Waals surface area contributed by atoms with Gasteiger partial charge in [0.25, 0.3) is 5.91 Å². The molecule has 0 aromatic heterocycles. The summed E-state index contributed by atoms with van der Waals surface area (Å²) in [7, 11) is 0. The molecule has 1 aliphatic heterocycles. The Labute approximate surface area is 255 Å². The molecule has 6 nitrogen and oxygen atoms in total. The van der Waals surface area contributed by atoms with E-state index in [-0.39, 0.29) is 41.9 Å². The van der Waals surface area contributed by atoms with E-state index < -0.39 is 11.9 Å². The molecule has 0 aliphatic carbocycles. The smallest absolute Gasteiger partial charge is 1.00 e. The molecule has 1 unspecified atom stereocenters. The zero-order valence-electron chi connectivity index (χ0n) is 22.5. The maximum Gasteiger partial charge on any atom is 1.00 e. The van der Waals surface area contributed by atoms with Gasteiger partial charge in [0.15, 0.2) is 0 Å². The molecule has 4 aromatic rings. The Morgan fingerprint density at radius 1 is 1.00 bits per heavy atom. The van der Waals surface area contributed by atoms with Gasteiger partial charge in [-0.15, -0.1) is 0 Å². The van der Waals surface area contributed by atoms with Gasteiger partial charge in [0.2, 0.25) is 0 Å². The molecule has 0 spiro atoms. The van der Waals surface area contributed by atoms with Crippen LogP contribution in [0.15, 0.2) is 91.0 Å². The van der Waals surface area contributed by atoms with Crippen molar-refractivity contribution in [3.63, 3.8) is 0 Å². The first-order chi connectivity index (χ1) is 18.5. The Morgan fingerprint density at radius 3 is 2.46 bits per heavy atom. The first-order valence-corrected chi connectivity index (χ1v) is 12.8. The number of fused-ring (bicyclic) bond motifs is 1. The third-order valence-corrected chi connectivity index (χ3v) is 6.82.